The molecule has 2 aromatic carbocycles. The number of hydrogen-bond donors (Lipinski definition) is 1. The van der Waals surface area contributed by atoms with Crippen molar-refractivity contribution in [1.29, 1.82) is 0 Å². The second-order valence-electron chi connectivity index (χ2n) is 6.52. The molecule has 7 nitrogen and oxygen atoms in total. The number of nitrogens with zero attached hydrogens (tertiary/aromatic N) is 1. The lowest BCUT2D eigenvalue weighted by atomic mass is 10.2. The minimum atomic E-state index is -4.25. The van der Waals surface area contributed by atoms with Gasteiger partial charge in [0.2, 0.25) is 10.0 Å². The normalized spacial score (nSPS) is 18.1. The van der Waals surface area contributed by atoms with Gasteiger partial charge in [-0.05, 0) is 36.4 Å². The van der Waals surface area contributed by atoms with Crippen LogP contribution in [0.4, 0.5) is 14.5 Å². The zero-order valence-electron chi connectivity index (χ0n) is 15.9. The summed E-state index contributed by atoms with van der Waals surface area (Å²) in [7, 11) is -2.82. The predicted molar refractivity (Wildman–Crippen MR) is 106 cm³/mol. The van der Waals surface area contributed by atoms with Crippen LogP contribution in [0.25, 0.3) is 0 Å². The highest BCUT2D eigenvalue weighted by molar-refractivity contribution is 7.89. The van der Waals surface area contributed by atoms with Gasteiger partial charge in [-0.2, -0.15) is 4.31 Å². The Kier molecular flexibility index (Phi) is 7.04. The fourth-order valence-electron chi connectivity index (χ4n) is 2.87. The van der Waals surface area contributed by atoms with Crippen molar-refractivity contribution in [3.8, 4) is 0 Å². The maximum absolute atomic E-state index is 14.4. The Morgan fingerprint density at radius 1 is 1.23 bits per heavy atom. The molecule has 0 saturated carbocycles. The van der Waals surface area contributed by atoms with E-state index in [1.54, 1.807) is 0 Å². The topological polar surface area (TPSA) is 84.9 Å². The third-order valence-corrected chi connectivity index (χ3v) is 6.69. The van der Waals surface area contributed by atoms with Crippen molar-refractivity contribution >= 4 is 33.2 Å². The summed E-state index contributed by atoms with van der Waals surface area (Å²) in [5.74, 6) is -2.35. The van der Waals surface area contributed by atoms with Crippen molar-refractivity contribution in [3.63, 3.8) is 0 Å². The summed E-state index contributed by atoms with van der Waals surface area (Å²) < 4.78 is 65.3. The maximum Gasteiger partial charge on any atom is 0.255 e. The molecule has 0 aliphatic carbocycles. The largest absolute Gasteiger partial charge is 0.378 e. The zero-order chi connectivity index (χ0) is 21.9. The van der Waals surface area contributed by atoms with Crippen molar-refractivity contribution < 1.29 is 31.5 Å². The Hall–Kier alpha value is -2.11. The quantitative estimate of drug-likeness (QED) is 0.741. The minimum Gasteiger partial charge on any atom is -0.378 e. The van der Waals surface area contributed by atoms with E-state index in [0.29, 0.717) is 0 Å². The summed E-state index contributed by atoms with van der Waals surface area (Å²) in [4.78, 5) is 11.9. The molecule has 1 aliphatic rings. The van der Waals surface area contributed by atoms with E-state index in [2.05, 4.69) is 5.32 Å². The number of methoxy groups -OCH3 is 1. The van der Waals surface area contributed by atoms with Gasteiger partial charge in [0.15, 0.2) is 0 Å². The van der Waals surface area contributed by atoms with E-state index in [4.69, 9.17) is 21.1 Å². The number of rotatable bonds is 5. The van der Waals surface area contributed by atoms with E-state index in [1.807, 2.05) is 0 Å². The van der Waals surface area contributed by atoms with E-state index in [1.165, 1.54) is 19.2 Å². The van der Waals surface area contributed by atoms with Crippen LogP contribution in [-0.4, -0.2) is 58.1 Å². The molecule has 2 aromatic rings. The predicted octanol–water partition coefficient (Wildman–Crippen LogP) is 2.91. The molecular formula is C19H19ClF2N2O5S. The lowest BCUT2D eigenvalue weighted by Gasteiger charge is -2.22. The van der Waals surface area contributed by atoms with Gasteiger partial charge in [-0.15, -0.1) is 0 Å². The molecule has 0 spiro atoms. The molecule has 0 bridgehead atoms. The number of hydrogen-bond acceptors (Lipinski definition) is 5. The number of amides is 1. The highest BCUT2D eigenvalue weighted by atomic mass is 35.5. The number of ether oxygens (including phenoxy) is 2. The van der Waals surface area contributed by atoms with Gasteiger partial charge in [-0.25, -0.2) is 17.2 Å². The average molecular weight is 461 g/mol. The monoisotopic (exact) mass is 460 g/mol. The fraction of sp³-hybridized carbons (Fsp3) is 0.316. The number of nitrogens with one attached hydrogen (secondary N) is 1. The average Bonchev–Trinajstić information content (AvgIpc) is 2.97. The van der Waals surface area contributed by atoms with Gasteiger partial charge in [0.05, 0.1) is 24.3 Å². The first-order chi connectivity index (χ1) is 14.2. The van der Waals surface area contributed by atoms with Gasteiger partial charge < -0.3 is 14.8 Å². The molecule has 1 fully saturated rings. The number of carbonyl (C=O) groups excluding carboxylic acids is 1. The van der Waals surface area contributed by atoms with Gasteiger partial charge in [-0.1, -0.05) is 11.6 Å². The van der Waals surface area contributed by atoms with Crippen molar-refractivity contribution in [3.05, 3.63) is 58.6 Å². The molecule has 1 aliphatic heterocycles. The molecule has 1 N–H and O–H groups in total. The number of sulfonamides is 1. The smallest absolute Gasteiger partial charge is 0.255 e. The maximum atomic E-state index is 14.4. The summed E-state index contributed by atoms with van der Waals surface area (Å²) in [5, 5.41) is 2.28. The molecule has 1 atom stereocenters. The molecule has 1 saturated heterocycles. The van der Waals surface area contributed by atoms with Crippen molar-refractivity contribution in [2.24, 2.45) is 0 Å². The Morgan fingerprint density at radius 3 is 2.67 bits per heavy atom. The minimum absolute atomic E-state index is 0.0111. The molecular weight excluding hydrogens is 442 g/mol. The third kappa shape index (κ3) is 4.96. The van der Waals surface area contributed by atoms with E-state index >= 15 is 0 Å². The Balaban J connectivity index is 1.88. The van der Waals surface area contributed by atoms with Crippen molar-refractivity contribution in [1.82, 2.24) is 4.31 Å². The van der Waals surface area contributed by atoms with Crippen molar-refractivity contribution in [2.75, 3.05) is 38.7 Å². The van der Waals surface area contributed by atoms with E-state index < -0.39 is 38.6 Å². The van der Waals surface area contributed by atoms with Crippen LogP contribution in [0.1, 0.15) is 10.4 Å². The molecule has 1 unspecified atom stereocenters. The summed E-state index contributed by atoms with van der Waals surface area (Å²) >= 11 is 5.69. The van der Waals surface area contributed by atoms with Crippen LogP contribution in [0.5, 0.6) is 0 Å². The second-order valence-corrected chi connectivity index (χ2v) is 8.84. The second kappa shape index (κ2) is 9.36. The van der Waals surface area contributed by atoms with E-state index in [-0.39, 0.29) is 42.6 Å². The lowest BCUT2D eigenvalue weighted by molar-refractivity contribution is 0.0259. The summed E-state index contributed by atoms with van der Waals surface area (Å²) in [5.41, 5.74) is 0.109. The molecule has 1 amide bonds. The number of halogens is 3. The lowest BCUT2D eigenvalue weighted by Crippen LogP contribution is -2.38. The Labute approximate surface area is 177 Å². The highest BCUT2D eigenvalue weighted by Gasteiger charge is 2.32. The standard InChI is InChI=1S/C19H19ClF2N2O5S/c1-28-14-10-24(6-7-29-11-14)30(26,27)18-8-12(2-4-17(18)22)19(25)23-13-3-5-16(21)15(20)9-13/h2-5,8-9,14H,6-7,10-11H2,1H3,(H,23,25). The van der Waals surface area contributed by atoms with Gasteiger partial charge >= 0.3 is 0 Å². The number of carbonyl (C=O) groups is 1. The number of benzene rings is 2. The SMILES string of the molecule is COC1COCCN(S(=O)(=O)c2cc(C(=O)Nc3ccc(F)c(Cl)c3)ccc2F)C1. The van der Waals surface area contributed by atoms with E-state index in [9.17, 15) is 22.0 Å². The molecule has 162 valence electrons. The van der Waals surface area contributed by atoms with E-state index in [0.717, 1.165) is 28.6 Å². The molecule has 0 aromatic heterocycles. The van der Waals surface area contributed by atoms with Gasteiger partial charge in [0.1, 0.15) is 16.5 Å². The first-order valence-electron chi connectivity index (χ1n) is 8.89. The first-order valence-corrected chi connectivity index (χ1v) is 10.7. The summed E-state index contributed by atoms with van der Waals surface area (Å²) in [6.07, 6.45) is -0.500. The van der Waals surface area contributed by atoms with Crippen LogP contribution in [0.15, 0.2) is 41.3 Å². The van der Waals surface area contributed by atoms with Crippen LogP contribution in [0, 0.1) is 11.6 Å². The third-order valence-electron chi connectivity index (χ3n) is 4.52. The fourth-order valence-corrected chi connectivity index (χ4v) is 4.60. The molecule has 0 radical (unpaired) electrons. The van der Waals surface area contributed by atoms with Gasteiger partial charge in [0.25, 0.3) is 5.91 Å². The Bertz CT molecular complexity index is 1050. The van der Waals surface area contributed by atoms with Gasteiger partial charge in [0, 0.05) is 31.5 Å². The van der Waals surface area contributed by atoms with Crippen LogP contribution in [0.3, 0.4) is 0 Å². The summed E-state index contributed by atoms with van der Waals surface area (Å²) in [6.45, 7) is 0.356. The molecule has 3 rings (SSSR count). The molecule has 30 heavy (non-hydrogen) atoms. The highest BCUT2D eigenvalue weighted by Crippen LogP contribution is 2.24. The van der Waals surface area contributed by atoms with Crippen LogP contribution in [-0.2, 0) is 19.5 Å². The first kappa shape index (κ1) is 22.6. The number of anilines is 1. The molecule has 1 heterocycles. The molecule has 11 heteroatoms. The van der Waals surface area contributed by atoms with Gasteiger partial charge in [-0.3, -0.25) is 4.79 Å². The Morgan fingerprint density at radius 2 is 1.97 bits per heavy atom. The van der Waals surface area contributed by atoms with Crippen LogP contribution in [0.2, 0.25) is 5.02 Å². The zero-order valence-corrected chi connectivity index (χ0v) is 17.5. The van der Waals surface area contributed by atoms with Crippen molar-refractivity contribution in [2.45, 2.75) is 11.0 Å². The summed E-state index contributed by atoms with van der Waals surface area (Å²) in [6, 6.07) is 6.59. The van der Waals surface area contributed by atoms with Crippen LogP contribution >= 0.6 is 11.6 Å². The van der Waals surface area contributed by atoms with Crippen LogP contribution < -0.4 is 5.32 Å².